The van der Waals surface area contributed by atoms with E-state index in [9.17, 15) is 8.42 Å². The molecule has 0 unspecified atom stereocenters. The van der Waals surface area contributed by atoms with Crippen LogP contribution in [0.5, 0.6) is 0 Å². The molecule has 0 bridgehead atoms. The van der Waals surface area contributed by atoms with Crippen LogP contribution in [-0.4, -0.2) is 56.0 Å². The molecule has 1 N–H and O–H groups in total. The first-order valence-corrected chi connectivity index (χ1v) is 10.2. The molecule has 8 heteroatoms. The average molecular weight is 356 g/mol. The van der Waals surface area contributed by atoms with Crippen LogP contribution >= 0.6 is 0 Å². The number of nitrogens with one attached hydrogen (secondary N) is 1. The minimum Gasteiger partial charge on any atom is -0.378 e. The Morgan fingerprint density at radius 3 is 2.67 bits per heavy atom. The van der Waals surface area contributed by atoms with Gasteiger partial charge in [-0.3, -0.25) is 0 Å². The number of hydrogen-bond donors (Lipinski definition) is 1. The lowest BCUT2D eigenvalue weighted by Gasteiger charge is -2.33. The summed E-state index contributed by atoms with van der Waals surface area (Å²) in [5, 5.41) is 0. The molecular weight excluding hydrogens is 328 g/mol. The molecule has 0 amide bonds. The number of anilines is 1. The van der Waals surface area contributed by atoms with Crippen molar-refractivity contribution in [1.82, 2.24) is 14.7 Å². The van der Waals surface area contributed by atoms with Crippen molar-refractivity contribution in [3.63, 3.8) is 0 Å². The van der Waals surface area contributed by atoms with Gasteiger partial charge in [-0.15, -0.1) is 0 Å². The number of aryl methyl sites for hydroxylation is 1. The molecule has 1 fully saturated rings. The molecule has 1 aromatic heterocycles. The van der Waals surface area contributed by atoms with Crippen LogP contribution in [0.1, 0.15) is 39.3 Å². The quantitative estimate of drug-likeness (QED) is 0.757. The van der Waals surface area contributed by atoms with Crippen LogP contribution in [0.15, 0.2) is 12.4 Å². The van der Waals surface area contributed by atoms with Gasteiger partial charge in [0.2, 0.25) is 10.0 Å². The normalized spacial score (nSPS) is 16.8. The second-order valence-corrected chi connectivity index (χ2v) is 8.21. The standard InChI is InChI=1S/C16H28N4O3S/c1-4-14-11-16(18-12-17-14)20-7-5-15(6-8-20)19-24(21,22)10-9-23-13(2)3/h11-13,15,19H,4-10H2,1-3H3. The fourth-order valence-corrected chi connectivity index (χ4v) is 3.86. The van der Waals surface area contributed by atoms with Crippen LogP contribution in [0.4, 0.5) is 5.82 Å². The van der Waals surface area contributed by atoms with Gasteiger partial charge < -0.3 is 9.64 Å². The highest BCUT2D eigenvalue weighted by atomic mass is 32.2. The van der Waals surface area contributed by atoms with Gasteiger partial charge in [-0.2, -0.15) is 0 Å². The van der Waals surface area contributed by atoms with E-state index in [4.69, 9.17) is 4.74 Å². The lowest BCUT2D eigenvalue weighted by molar-refractivity contribution is 0.0911. The second-order valence-electron chi connectivity index (χ2n) is 6.34. The summed E-state index contributed by atoms with van der Waals surface area (Å²) in [5.74, 6) is 0.936. The maximum atomic E-state index is 12.1. The maximum absolute atomic E-state index is 12.1. The van der Waals surface area contributed by atoms with E-state index < -0.39 is 10.0 Å². The molecule has 24 heavy (non-hydrogen) atoms. The van der Waals surface area contributed by atoms with Gasteiger partial charge in [0, 0.05) is 30.9 Å². The molecule has 2 rings (SSSR count). The fraction of sp³-hybridized carbons (Fsp3) is 0.750. The zero-order valence-electron chi connectivity index (χ0n) is 14.7. The molecule has 2 heterocycles. The summed E-state index contributed by atoms with van der Waals surface area (Å²) in [7, 11) is -3.29. The van der Waals surface area contributed by atoms with Crippen LogP contribution < -0.4 is 9.62 Å². The Morgan fingerprint density at radius 1 is 1.33 bits per heavy atom. The van der Waals surface area contributed by atoms with Gasteiger partial charge in [-0.05, 0) is 33.1 Å². The van der Waals surface area contributed by atoms with Crippen LogP contribution in [0.25, 0.3) is 0 Å². The molecule has 1 aliphatic heterocycles. The Morgan fingerprint density at radius 2 is 2.04 bits per heavy atom. The molecule has 0 spiro atoms. The third-order valence-corrected chi connectivity index (χ3v) is 5.44. The predicted octanol–water partition coefficient (Wildman–Crippen LogP) is 1.35. The fourth-order valence-electron chi connectivity index (χ4n) is 2.68. The summed E-state index contributed by atoms with van der Waals surface area (Å²) in [4.78, 5) is 10.7. The minimum atomic E-state index is -3.29. The summed E-state index contributed by atoms with van der Waals surface area (Å²) in [6.07, 6.45) is 4.07. The molecule has 1 aliphatic rings. The summed E-state index contributed by atoms with van der Waals surface area (Å²) >= 11 is 0. The molecule has 0 saturated carbocycles. The first kappa shape index (κ1) is 19.1. The smallest absolute Gasteiger partial charge is 0.214 e. The average Bonchev–Trinajstić information content (AvgIpc) is 2.54. The van der Waals surface area contributed by atoms with E-state index in [0.29, 0.717) is 0 Å². The Hall–Kier alpha value is -1.25. The van der Waals surface area contributed by atoms with E-state index in [2.05, 4.69) is 26.5 Å². The Kier molecular flexibility index (Phi) is 6.94. The Labute approximate surface area is 144 Å². The number of ether oxygens (including phenoxy) is 1. The van der Waals surface area contributed by atoms with Crippen molar-refractivity contribution in [2.75, 3.05) is 30.3 Å². The summed E-state index contributed by atoms with van der Waals surface area (Å²) in [5.41, 5.74) is 1.02. The van der Waals surface area contributed by atoms with Crippen LogP contribution in [0, 0.1) is 0 Å². The maximum Gasteiger partial charge on any atom is 0.214 e. The molecule has 0 radical (unpaired) electrons. The first-order chi connectivity index (χ1) is 11.4. The highest BCUT2D eigenvalue weighted by Crippen LogP contribution is 2.18. The van der Waals surface area contributed by atoms with Crippen LogP contribution in [0.2, 0.25) is 0 Å². The van der Waals surface area contributed by atoms with Gasteiger partial charge in [0.05, 0.1) is 18.5 Å². The second kappa shape index (κ2) is 8.73. The largest absolute Gasteiger partial charge is 0.378 e. The number of aromatic nitrogens is 2. The molecule has 1 saturated heterocycles. The van der Waals surface area contributed by atoms with Crippen molar-refractivity contribution < 1.29 is 13.2 Å². The lowest BCUT2D eigenvalue weighted by Crippen LogP contribution is -2.45. The van der Waals surface area contributed by atoms with Gasteiger partial charge in [0.25, 0.3) is 0 Å². The van der Waals surface area contributed by atoms with Crippen molar-refractivity contribution in [3.8, 4) is 0 Å². The molecule has 0 aliphatic carbocycles. The number of hydrogen-bond acceptors (Lipinski definition) is 6. The van der Waals surface area contributed by atoms with E-state index in [0.717, 1.165) is 43.9 Å². The van der Waals surface area contributed by atoms with Crippen molar-refractivity contribution in [2.45, 2.75) is 52.2 Å². The van der Waals surface area contributed by atoms with Gasteiger partial charge in [0.15, 0.2) is 0 Å². The van der Waals surface area contributed by atoms with Gasteiger partial charge in [0.1, 0.15) is 12.1 Å². The molecule has 136 valence electrons. The van der Waals surface area contributed by atoms with Crippen molar-refractivity contribution >= 4 is 15.8 Å². The number of piperidine rings is 1. The lowest BCUT2D eigenvalue weighted by atomic mass is 10.1. The zero-order valence-corrected chi connectivity index (χ0v) is 15.6. The zero-order chi connectivity index (χ0) is 17.6. The first-order valence-electron chi connectivity index (χ1n) is 8.57. The van der Waals surface area contributed by atoms with Gasteiger partial charge >= 0.3 is 0 Å². The number of rotatable bonds is 8. The molecule has 0 aromatic carbocycles. The van der Waals surface area contributed by atoms with Crippen molar-refractivity contribution in [3.05, 3.63) is 18.1 Å². The summed E-state index contributed by atoms with van der Waals surface area (Å²) < 4.78 is 32.3. The number of nitrogens with zero attached hydrogens (tertiary/aromatic N) is 3. The van der Waals surface area contributed by atoms with E-state index in [-0.39, 0.29) is 24.5 Å². The van der Waals surface area contributed by atoms with Crippen molar-refractivity contribution in [1.29, 1.82) is 0 Å². The highest BCUT2D eigenvalue weighted by Gasteiger charge is 2.24. The summed E-state index contributed by atoms with van der Waals surface area (Å²) in [6.45, 7) is 7.66. The van der Waals surface area contributed by atoms with E-state index in [1.807, 2.05) is 19.9 Å². The van der Waals surface area contributed by atoms with E-state index in [1.54, 1.807) is 6.33 Å². The van der Waals surface area contributed by atoms with Gasteiger partial charge in [-0.1, -0.05) is 6.92 Å². The molecular formula is C16H28N4O3S. The Bertz CT molecular complexity index is 614. The van der Waals surface area contributed by atoms with E-state index >= 15 is 0 Å². The van der Waals surface area contributed by atoms with Crippen LogP contribution in [-0.2, 0) is 21.2 Å². The third kappa shape index (κ3) is 5.99. The Balaban J connectivity index is 1.81. The molecule has 1 aromatic rings. The number of sulfonamides is 1. The SMILES string of the molecule is CCc1cc(N2CCC(NS(=O)(=O)CCOC(C)C)CC2)ncn1. The van der Waals surface area contributed by atoms with Crippen LogP contribution in [0.3, 0.4) is 0 Å². The predicted molar refractivity (Wildman–Crippen MR) is 94.7 cm³/mol. The highest BCUT2D eigenvalue weighted by molar-refractivity contribution is 7.89. The minimum absolute atomic E-state index is 0.0111. The summed E-state index contributed by atoms with van der Waals surface area (Å²) in [6, 6.07) is 1.99. The monoisotopic (exact) mass is 356 g/mol. The molecule has 0 atom stereocenters. The third-order valence-electron chi connectivity index (χ3n) is 4.04. The topological polar surface area (TPSA) is 84.4 Å². The van der Waals surface area contributed by atoms with Gasteiger partial charge in [-0.25, -0.2) is 23.1 Å². The van der Waals surface area contributed by atoms with E-state index in [1.165, 1.54) is 0 Å². The van der Waals surface area contributed by atoms with Crippen molar-refractivity contribution in [2.24, 2.45) is 0 Å². The molecule has 7 nitrogen and oxygen atoms in total.